The van der Waals surface area contributed by atoms with Gasteiger partial charge in [0, 0.05) is 18.4 Å². The summed E-state index contributed by atoms with van der Waals surface area (Å²) in [5.41, 5.74) is 2.05. The third-order valence-corrected chi connectivity index (χ3v) is 3.29. The molecule has 96 valence electrons. The molecular weight excluding hydrogens is 214 g/mol. The van der Waals surface area contributed by atoms with Gasteiger partial charge >= 0.3 is 0 Å². The van der Waals surface area contributed by atoms with Crippen LogP contribution in [0.4, 0.5) is 5.95 Å². The van der Waals surface area contributed by atoms with Gasteiger partial charge in [-0.3, -0.25) is 0 Å². The summed E-state index contributed by atoms with van der Waals surface area (Å²) >= 11 is 0. The maximum absolute atomic E-state index is 9.98. The quantitative estimate of drug-likeness (QED) is 0.797. The van der Waals surface area contributed by atoms with Gasteiger partial charge in [0.15, 0.2) is 0 Å². The van der Waals surface area contributed by atoms with Gasteiger partial charge in [-0.15, -0.1) is 0 Å². The molecule has 0 aliphatic rings. The molecule has 0 saturated heterocycles. The van der Waals surface area contributed by atoms with E-state index in [1.54, 1.807) is 6.20 Å². The maximum atomic E-state index is 9.98. The Morgan fingerprint density at radius 3 is 2.47 bits per heavy atom. The Hall–Kier alpha value is -1.16. The van der Waals surface area contributed by atoms with Crippen molar-refractivity contribution in [3.63, 3.8) is 0 Å². The van der Waals surface area contributed by atoms with Gasteiger partial charge in [0.25, 0.3) is 0 Å². The first-order valence-corrected chi connectivity index (χ1v) is 6.30. The topological polar surface area (TPSA) is 58.0 Å². The second-order valence-corrected chi connectivity index (χ2v) is 4.49. The van der Waals surface area contributed by atoms with Crippen molar-refractivity contribution >= 4 is 5.95 Å². The lowest BCUT2D eigenvalue weighted by Crippen LogP contribution is -2.28. The van der Waals surface area contributed by atoms with E-state index in [9.17, 15) is 5.11 Å². The van der Waals surface area contributed by atoms with Gasteiger partial charge in [-0.05, 0) is 25.3 Å². The summed E-state index contributed by atoms with van der Waals surface area (Å²) in [5, 5.41) is 13.1. The SMILES string of the molecule is CCC(CC)C(O)CNc1ncc(C)c(C)n1. The van der Waals surface area contributed by atoms with E-state index in [0.29, 0.717) is 18.4 Å². The van der Waals surface area contributed by atoms with Crippen molar-refractivity contribution in [1.82, 2.24) is 9.97 Å². The summed E-state index contributed by atoms with van der Waals surface area (Å²) in [6.45, 7) is 8.65. The van der Waals surface area contributed by atoms with Crippen LogP contribution >= 0.6 is 0 Å². The fraction of sp³-hybridized carbons (Fsp3) is 0.692. The van der Waals surface area contributed by atoms with E-state index in [4.69, 9.17) is 0 Å². The Morgan fingerprint density at radius 1 is 1.29 bits per heavy atom. The number of rotatable bonds is 6. The van der Waals surface area contributed by atoms with Crippen molar-refractivity contribution in [3.8, 4) is 0 Å². The molecule has 0 bridgehead atoms. The van der Waals surface area contributed by atoms with Gasteiger partial charge in [0.2, 0.25) is 5.95 Å². The molecule has 2 N–H and O–H groups in total. The molecule has 0 aliphatic carbocycles. The van der Waals surface area contributed by atoms with E-state index in [-0.39, 0.29) is 6.10 Å². The molecule has 0 fully saturated rings. The van der Waals surface area contributed by atoms with Crippen LogP contribution in [0.1, 0.15) is 37.9 Å². The smallest absolute Gasteiger partial charge is 0.222 e. The molecule has 1 rings (SSSR count). The van der Waals surface area contributed by atoms with E-state index in [2.05, 4.69) is 29.1 Å². The Morgan fingerprint density at radius 2 is 1.94 bits per heavy atom. The third kappa shape index (κ3) is 3.97. The molecule has 4 heteroatoms. The van der Waals surface area contributed by atoms with Gasteiger partial charge in [-0.25, -0.2) is 9.97 Å². The highest BCUT2D eigenvalue weighted by molar-refractivity contribution is 5.28. The molecule has 0 spiro atoms. The van der Waals surface area contributed by atoms with Crippen LogP contribution in [0.5, 0.6) is 0 Å². The number of aromatic nitrogens is 2. The number of hydrogen-bond donors (Lipinski definition) is 2. The average molecular weight is 237 g/mol. The number of aliphatic hydroxyl groups is 1. The average Bonchev–Trinajstić information content (AvgIpc) is 2.32. The van der Waals surface area contributed by atoms with Gasteiger partial charge < -0.3 is 10.4 Å². The fourth-order valence-electron chi connectivity index (χ4n) is 1.81. The molecule has 1 heterocycles. The molecule has 4 nitrogen and oxygen atoms in total. The van der Waals surface area contributed by atoms with Crippen molar-refractivity contribution in [2.45, 2.75) is 46.6 Å². The van der Waals surface area contributed by atoms with Crippen molar-refractivity contribution in [2.24, 2.45) is 5.92 Å². The molecule has 1 unspecified atom stereocenters. The zero-order valence-corrected chi connectivity index (χ0v) is 11.2. The fourth-order valence-corrected chi connectivity index (χ4v) is 1.81. The summed E-state index contributed by atoms with van der Waals surface area (Å²) in [4.78, 5) is 8.51. The molecule has 1 aromatic heterocycles. The predicted molar refractivity (Wildman–Crippen MR) is 70.1 cm³/mol. The molecule has 1 aromatic rings. The first-order chi connectivity index (χ1) is 8.08. The van der Waals surface area contributed by atoms with Gasteiger partial charge in [0.1, 0.15) is 0 Å². The third-order valence-electron chi connectivity index (χ3n) is 3.29. The van der Waals surface area contributed by atoms with E-state index >= 15 is 0 Å². The van der Waals surface area contributed by atoms with Crippen molar-refractivity contribution in [3.05, 3.63) is 17.5 Å². The van der Waals surface area contributed by atoms with E-state index in [0.717, 1.165) is 24.1 Å². The standard InChI is InChI=1S/C13H23N3O/c1-5-11(6-2)12(17)8-15-13-14-7-9(3)10(4)16-13/h7,11-12,17H,5-6,8H2,1-4H3,(H,14,15,16). The Bertz CT molecular complexity index is 351. The minimum atomic E-state index is -0.338. The lowest BCUT2D eigenvalue weighted by Gasteiger charge is -2.20. The summed E-state index contributed by atoms with van der Waals surface area (Å²) in [5.74, 6) is 0.937. The highest BCUT2D eigenvalue weighted by Crippen LogP contribution is 2.13. The van der Waals surface area contributed by atoms with Crippen molar-refractivity contribution in [1.29, 1.82) is 0 Å². The second kappa shape index (κ2) is 6.55. The Labute approximate surface area is 103 Å². The Balaban J connectivity index is 2.52. The van der Waals surface area contributed by atoms with Gasteiger partial charge in [-0.1, -0.05) is 26.7 Å². The summed E-state index contributed by atoms with van der Waals surface area (Å²) < 4.78 is 0. The Kier molecular flexibility index (Phi) is 5.35. The molecule has 0 aliphatic heterocycles. The normalized spacial score (nSPS) is 12.8. The molecule has 0 amide bonds. The monoisotopic (exact) mass is 237 g/mol. The zero-order chi connectivity index (χ0) is 12.8. The lowest BCUT2D eigenvalue weighted by atomic mass is 9.97. The van der Waals surface area contributed by atoms with Crippen LogP contribution in [0.15, 0.2) is 6.20 Å². The van der Waals surface area contributed by atoms with Crippen LogP contribution in [0.2, 0.25) is 0 Å². The molecule has 0 radical (unpaired) electrons. The number of aliphatic hydroxyl groups excluding tert-OH is 1. The van der Waals surface area contributed by atoms with Gasteiger partial charge in [-0.2, -0.15) is 0 Å². The van der Waals surface area contributed by atoms with Crippen LogP contribution < -0.4 is 5.32 Å². The molecule has 0 saturated carbocycles. The van der Waals surface area contributed by atoms with E-state index in [1.165, 1.54) is 0 Å². The highest BCUT2D eigenvalue weighted by atomic mass is 16.3. The van der Waals surface area contributed by atoms with Crippen LogP contribution in [0.3, 0.4) is 0 Å². The first-order valence-electron chi connectivity index (χ1n) is 6.30. The van der Waals surface area contributed by atoms with Crippen molar-refractivity contribution < 1.29 is 5.11 Å². The number of nitrogens with zero attached hydrogens (tertiary/aromatic N) is 2. The summed E-state index contributed by atoms with van der Waals surface area (Å²) in [7, 11) is 0. The van der Waals surface area contributed by atoms with Crippen LogP contribution in [-0.4, -0.2) is 27.7 Å². The molecule has 17 heavy (non-hydrogen) atoms. The molecule has 0 aromatic carbocycles. The predicted octanol–water partition coefficient (Wildman–Crippen LogP) is 2.30. The minimum Gasteiger partial charge on any atom is -0.391 e. The molecular formula is C13H23N3O. The number of nitrogens with one attached hydrogen (secondary N) is 1. The summed E-state index contributed by atoms with van der Waals surface area (Å²) in [6.07, 6.45) is 3.45. The largest absolute Gasteiger partial charge is 0.391 e. The second-order valence-electron chi connectivity index (χ2n) is 4.49. The molecule has 1 atom stereocenters. The maximum Gasteiger partial charge on any atom is 0.222 e. The van der Waals surface area contributed by atoms with Crippen molar-refractivity contribution in [2.75, 3.05) is 11.9 Å². The van der Waals surface area contributed by atoms with E-state index in [1.807, 2.05) is 13.8 Å². The number of aryl methyl sites for hydroxylation is 2. The van der Waals surface area contributed by atoms with Crippen LogP contribution in [-0.2, 0) is 0 Å². The van der Waals surface area contributed by atoms with Crippen LogP contribution in [0.25, 0.3) is 0 Å². The number of anilines is 1. The summed E-state index contributed by atoms with van der Waals surface area (Å²) in [6, 6.07) is 0. The number of hydrogen-bond acceptors (Lipinski definition) is 4. The van der Waals surface area contributed by atoms with Gasteiger partial charge in [0.05, 0.1) is 6.10 Å². The van der Waals surface area contributed by atoms with Crippen LogP contribution in [0, 0.1) is 19.8 Å². The lowest BCUT2D eigenvalue weighted by molar-refractivity contribution is 0.114. The zero-order valence-electron chi connectivity index (χ0n) is 11.2. The first kappa shape index (κ1) is 13.9. The highest BCUT2D eigenvalue weighted by Gasteiger charge is 2.15. The minimum absolute atomic E-state index is 0.338. The van der Waals surface area contributed by atoms with E-state index < -0.39 is 0 Å².